The lowest BCUT2D eigenvalue weighted by molar-refractivity contribution is -0.199. The van der Waals surface area contributed by atoms with Crippen LogP contribution in [0, 0.1) is 28.6 Å². The van der Waals surface area contributed by atoms with Crippen LogP contribution in [-0.4, -0.2) is 60.9 Å². The quantitative estimate of drug-likeness (QED) is 0.513. The maximum atomic E-state index is 13.0. The summed E-state index contributed by atoms with van der Waals surface area (Å²) in [6.45, 7) is 7.56. The Morgan fingerprint density at radius 3 is 2.76 bits per heavy atom. The molecule has 3 saturated carbocycles. The number of amides is 2. The number of ether oxygens (including phenoxy) is 1. The lowest BCUT2D eigenvalue weighted by Crippen LogP contribution is -2.65. The fraction of sp³-hybridized carbons (Fsp3) is 0.690. The molecule has 1 aromatic carbocycles. The number of carbonyl (C=O) groups is 2. The third-order valence-electron chi connectivity index (χ3n) is 9.77. The normalized spacial score (nSPS) is 31.9. The maximum Gasteiger partial charge on any atom is 0.481 e. The van der Waals surface area contributed by atoms with Crippen LogP contribution in [0.1, 0.15) is 71.3 Å². The van der Waals surface area contributed by atoms with Gasteiger partial charge in [-0.3, -0.25) is 4.79 Å². The highest BCUT2D eigenvalue weighted by molar-refractivity contribution is 6.47. The summed E-state index contributed by atoms with van der Waals surface area (Å²) in [7, 11) is -0.542. The molecule has 2 heterocycles. The van der Waals surface area contributed by atoms with Crippen molar-refractivity contribution in [3.63, 3.8) is 0 Å². The molecule has 6 rings (SSSR count). The molecule has 1 aromatic rings. The van der Waals surface area contributed by atoms with Crippen molar-refractivity contribution in [2.24, 2.45) is 17.3 Å². The van der Waals surface area contributed by atoms with Gasteiger partial charge in [-0.15, -0.1) is 0 Å². The number of hydrogen-bond acceptors (Lipinski definition) is 6. The zero-order valence-electron chi connectivity index (χ0n) is 22.9. The molecule has 2 bridgehead atoms. The van der Waals surface area contributed by atoms with Crippen LogP contribution in [-0.2, 0) is 25.3 Å². The van der Waals surface area contributed by atoms with Gasteiger partial charge in [0.25, 0.3) is 0 Å². The van der Waals surface area contributed by atoms with Crippen LogP contribution < -0.4 is 5.32 Å². The summed E-state index contributed by atoms with van der Waals surface area (Å²) < 4.78 is 18.8. The van der Waals surface area contributed by atoms with Gasteiger partial charge in [0.15, 0.2) is 0 Å². The molecule has 5 aliphatic rings. The summed E-state index contributed by atoms with van der Waals surface area (Å²) in [4.78, 5) is 27.1. The van der Waals surface area contributed by atoms with Gasteiger partial charge in [-0.25, -0.2) is 4.79 Å². The highest BCUT2D eigenvalue weighted by atomic mass is 16.7. The molecule has 5 fully saturated rings. The Kier molecular flexibility index (Phi) is 7.75. The van der Waals surface area contributed by atoms with Gasteiger partial charge in [-0.1, -0.05) is 44.2 Å². The smallest absolute Gasteiger partial charge is 0.447 e. The molecule has 0 unspecified atom stereocenters. The van der Waals surface area contributed by atoms with Crippen molar-refractivity contribution in [3.8, 4) is 6.07 Å². The van der Waals surface area contributed by atoms with Gasteiger partial charge in [0.05, 0.1) is 29.8 Å². The summed E-state index contributed by atoms with van der Waals surface area (Å²) in [5, 5.41) is 12.0. The Morgan fingerprint density at radius 1 is 1.24 bits per heavy atom. The van der Waals surface area contributed by atoms with Crippen LogP contribution >= 0.6 is 0 Å². The highest BCUT2D eigenvalue weighted by Gasteiger charge is 2.68. The summed E-state index contributed by atoms with van der Waals surface area (Å²) in [6.07, 6.45) is 5.55. The molecule has 204 valence electrons. The second-order valence-corrected chi connectivity index (χ2v) is 12.3. The van der Waals surface area contributed by atoms with E-state index in [0.29, 0.717) is 24.8 Å². The van der Waals surface area contributed by atoms with Crippen molar-refractivity contribution in [1.29, 1.82) is 5.26 Å². The number of nitriles is 1. The third-order valence-corrected chi connectivity index (χ3v) is 9.77. The first-order chi connectivity index (χ1) is 18.2. The molecule has 38 heavy (non-hydrogen) atoms. The summed E-state index contributed by atoms with van der Waals surface area (Å²) in [5.41, 5.74) is 1.07. The molecular formula is C29H40BN3O5. The topological polar surface area (TPSA) is 101 Å². The Balaban J connectivity index is 1.24. The number of alkyl carbamates (subject to hydrolysis) is 1. The lowest BCUT2D eigenvalue weighted by atomic mass is 9.43. The SMILES string of the molecule is CC1(C)[C@@H]2C[C@H]3OB([C@H](CCc4ccccc4)NC(=O)OC[C@H]4CCCCN4C(=O)CC#N)O[C@@]3(C)[C@H]1C2. The first-order valence-corrected chi connectivity index (χ1v) is 14.2. The predicted octanol–water partition coefficient (Wildman–Crippen LogP) is 4.28. The van der Waals surface area contributed by atoms with Crippen LogP contribution in [0.3, 0.4) is 0 Å². The molecule has 0 radical (unpaired) electrons. The summed E-state index contributed by atoms with van der Waals surface area (Å²) in [5.74, 6) is 0.518. The van der Waals surface area contributed by atoms with Crippen LogP contribution in [0.2, 0.25) is 0 Å². The van der Waals surface area contributed by atoms with Crippen molar-refractivity contribution in [3.05, 3.63) is 35.9 Å². The van der Waals surface area contributed by atoms with Crippen molar-refractivity contribution in [2.75, 3.05) is 13.2 Å². The average molecular weight is 521 g/mol. The molecule has 6 atom stereocenters. The summed E-state index contributed by atoms with van der Waals surface area (Å²) >= 11 is 0. The second-order valence-electron chi connectivity index (χ2n) is 12.3. The van der Waals surface area contributed by atoms with E-state index in [1.54, 1.807) is 4.90 Å². The Bertz CT molecular complexity index is 1060. The van der Waals surface area contributed by atoms with E-state index in [0.717, 1.165) is 32.1 Å². The lowest BCUT2D eigenvalue weighted by Gasteiger charge is -2.64. The van der Waals surface area contributed by atoms with Crippen LogP contribution in [0.4, 0.5) is 4.79 Å². The van der Waals surface area contributed by atoms with E-state index < -0.39 is 13.2 Å². The number of hydrogen-bond donors (Lipinski definition) is 1. The van der Waals surface area contributed by atoms with Crippen LogP contribution in [0.5, 0.6) is 0 Å². The first kappa shape index (κ1) is 27.0. The van der Waals surface area contributed by atoms with Gasteiger partial charge < -0.3 is 24.3 Å². The molecule has 9 heteroatoms. The van der Waals surface area contributed by atoms with Gasteiger partial charge in [-0.2, -0.15) is 5.26 Å². The number of rotatable bonds is 8. The zero-order valence-corrected chi connectivity index (χ0v) is 22.9. The highest BCUT2D eigenvalue weighted by Crippen LogP contribution is 2.65. The molecular weight excluding hydrogens is 481 g/mol. The van der Waals surface area contributed by atoms with E-state index in [1.165, 1.54) is 12.0 Å². The molecule has 2 aliphatic heterocycles. The fourth-order valence-electron chi connectivity index (χ4n) is 7.35. The number of nitrogens with zero attached hydrogens (tertiary/aromatic N) is 2. The van der Waals surface area contributed by atoms with Crippen molar-refractivity contribution in [1.82, 2.24) is 10.2 Å². The standard InChI is InChI=1S/C29H40BN3O5/c1-28(2)21-17-23(28)29(3)24(18-21)37-30(38-29)25(13-12-20-9-5-4-6-10-20)32-27(35)36-19-22-11-7-8-16-33(22)26(34)14-15-31/h4-6,9-10,21-25H,7-8,11-14,16-19H2,1-3H3,(H,32,35)/t21-,22+,23-,24+,25-,29-/m0/s1. The third kappa shape index (κ3) is 5.18. The van der Waals surface area contributed by atoms with Crippen molar-refractivity contribution >= 4 is 19.1 Å². The molecule has 0 aromatic heterocycles. The Labute approximate surface area is 226 Å². The van der Waals surface area contributed by atoms with E-state index in [1.807, 2.05) is 24.3 Å². The van der Waals surface area contributed by atoms with Crippen LogP contribution in [0.15, 0.2) is 30.3 Å². The second kappa shape index (κ2) is 10.9. The minimum absolute atomic E-state index is 0.0308. The fourth-order valence-corrected chi connectivity index (χ4v) is 7.35. The monoisotopic (exact) mass is 521 g/mol. The molecule has 3 aliphatic carbocycles. The van der Waals surface area contributed by atoms with E-state index in [9.17, 15) is 9.59 Å². The molecule has 0 spiro atoms. The number of likely N-dealkylation sites (tertiary alicyclic amines) is 1. The van der Waals surface area contributed by atoms with Crippen molar-refractivity contribution < 1.29 is 23.6 Å². The Hall–Kier alpha value is -2.57. The molecule has 2 saturated heterocycles. The summed E-state index contributed by atoms with van der Waals surface area (Å²) in [6, 6.07) is 11.9. The van der Waals surface area contributed by atoms with E-state index in [2.05, 4.69) is 38.2 Å². The number of piperidine rings is 1. The van der Waals surface area contributed by atoms with Gasteiger partial charge >= 0.3 is 13.2 Å². The van der Waals surface area contributed by atoms with Gasteiger partial charge in [-0.05, 0) is 74.7 Å². The minimum Gasteiger partial charge on any atom is -0.447 e. The molecule has 2 amide bonds. The largest absolute Gasteiger partial charge is 0.481 e. The molecule has 8 nitrogen and oxygen atoms in total. The van der Waals surface area contributed by atoms with Crippen LogP contribution in [0.25, 0.3) is 0 Å². The number of benzene rings is 1. The predicted molar refractivity (Wildman–Crippen MR) is 143 cm³/mol. The van der Waals surface area contributed by atoms with E-state index in [4.69, 9.17) is 19.3 Å². The zero-order chi connectivity index (χ0) is 26.9. The number of nitrogens with one attached hydrogen (secondary N) is 1. The number of carbonyl (C=O) groups excluding carboxylic acids is 2. The van der Waals surface area contributed by atoms with Gasteiger partial charge in [0, 0.05) is 6.54 Å². The minimum atomic E-state index is -0.542. The number of aryl methyl sites for hydroxylation is 1. The average Bonchev–Trinajstić information content (AvgIpc) is 3.27. The van der Waals surface area contributed by atoms with Crippen molar-refractivity contribution in [2.45, 2.75) is 95.8 Å². The van der Waals surface area contributed by atoms with E-state index in [-0.39, 0.29) is 48.0 Å². The molecule has 1 N–H and O–H groups in total. The maximum absolute atomic E-state index is 13.0. The Morgan fingerprint density at radius 2 is 2.03 bits per heavy atom. The van der Waals surface area contributed by atoms with Gasteiger partial charge in [0.2, 0.25) is 5.91 Å². The van der Waals surface area contributed by atoms with Gasteiger partial charge in [0.1, 0.15) is 13.0 Å². The first-order valence-electron chi connectivity index (χ1n) is 14.2. The van der Waals surface area contributed by atoms with E-state index >= 15 is 0 Å².